The van der Waals surface area contributed by atoms with Crippen molar-refractivity contribution in [1.29, 1.82) is 0 Å². The number of para-hydroxylation sites is 3. The molecule has 0 saturated heterocycles. The Hall–Kier alpha value is -5.13. The quantitative estimate of drug-likeness (QED) is 0.139. The third-order valence-corrected chi connectivity index (χ3v) is 5.64. The summed E-state index contributed by atoms with van der Waals surface area (Å²) in [5, 5.41) is 66.4. The summed E-state index contributed by atoms with van der Waals surface area (Å²) in [7, 11) is 0. The number of nitrogens with one attached hydrogen (secondary N) is 3. The molecule has 0 aliphatic rings. The Balaban J connectivity index is 1.65. The summed E-state index contributed by atoms with van der Waals surface area (Å²) in [6, 6.07) is 11.0. The van der Waals surface area contributed by atoms with Crippen molar-refractivity contribution < 1.29 is 45.0 Å². The first-order valence-corrected chi connectivity index (χ1v) is 11.5. The van der Waals surface area contributed by atoms with Gasteiger partial charge in [-0.2, -0.15) is 0 Å². The minimum atomic E-state index is -0.730. The molecule has 0 aromatic heterocycles. The van der Waals surface area contributed by atoms with Gasteiger partial charge in [-0.15, -0.1) is 0 Å². The van der Waals surface area contributed by atoms with Gasteiger partial charge in [-0.1, -0.05) is 18.2 Å². The number of amides is 3. The molecule has 38 heavy (non-hydrogen) atoms. The summed E-state index contributed by atoms with van der Waals surface area (Å²) in [6.07, 6.45) is 0.527. The molecule has 0 bridgehead atoms. The number of phenolic OH excluding ortho intramolecular Hbond substituents is 6. The predicted octanol–water partition coefficient (Wildman–Crippen LogP) is 1.66. The van der Waals surface area contributed by atoms with E-state index in [4.69, 9.17) is 0 Å². The maximum absolute atomic E-state index is 12.7. The molecule has 0 heterocycles. The number of hydrogen-bond donors (Lipinski definition) is 9. The van der Waals surface area contributed by atoms with Crippen molar-refractivity contribution in [1.82, 2.24) is 16.0 Å². The van der Waals surface area contributed by atoms with Crippen LogP contribution in [0.2, 0.25) is 0 Å². The van der Waals surface area contributed by atoms with Gasteiger partial charge in [-0.3, -0.25) is 14.4 Å². The molecule has 0 fully saturated rings. The lowest BCUT2D eigenvalue weighted by Crippen LogP contribution is -2.44. The summed E-state index contributed by atoms with van der Waals surface area (Å²) < 4.78 is 0. The number of phenols is 6. The highest BCUT2D eigenvalue weighted by molar-refractivity contribution is 5.99. The molecule has 0 aliphatic heterocycles. The van der Waals surface area contributed by atoms with Crippen molar-refractivity contribution in [3.05, 3.63) is 71.3 Å². The van der Waals surface area contributed by atoms with Crippen LogP contribution in [0.25, 0.3) is 0 Å². The Bertz CT molecular complexity index is 1340. The van der Waals surface area contributed by atoms with Crippen LogP contribution in [0.1, 0.15) is 43.9 Å². The zero-order chi connectivity index (χ0) is 27.8. The Kier molecular flexibility index (Phi) is 8.82. The molecule has 200 valence electrons. The number of carbonyl (C=O) groups excluding carboxylic acids is 3. The van der Waals surface area contributed by atoms with Crippen LogP contribution >= 0.6 is 0 Å². The summed E-state index contributed by atoms with van der Waals surface area (Å²) in [5.74, 6) is -5.25. The highest BCUT2D eigenvalue weighted by atomic mass is 16.3. The standard InChI is InChI=1S/C26H27N3O9/c30-18-9-1-6-15(21(18)33)24(36)27-12-4-5-14(29-26(38)17-8-3-11-20(32)23(17)35)13-28-25(37)16-7-2-10-19(31)22(16)34/h1-3,6-11,14,30-35H,4-5,12-13H2,(H,27,36)(H,28,37)(H,29,38)/t14-/m1/s1. The van der Waals surface area contributed by atoms with Crippen molar-refractivity contribution >= 4 is 17.7 Å². The maximum atomic E-state index is 12.7. The van der Waals surface area contributed by atoms with Crippen LogP contribution in [0.3, 0.4) is 0 Å². The van der Waals surface area contributed by atoms with Crippen LogP contribution in [0.4, 0.5) is 0 Å². The van der Waals surface area contributed by atoms with Gasteiger partial charge in [0.25, 0.3) is 17.7 Å². The summed E-state index contributed by atoms with van der Waals surface area (Å²) in [5.41, 5.74) is -0.495. The molecule has 1 atom stereocenters. The molecule has 0 saturated carbocycles. The van der Waals surface area contributed by atoms with Gasteiger partial charge >= 0.3 is 0 Å². The summed E-state index contributed by atoms with van der Waals surface area (Å²) in [6.45, 7) is -0.0144. The van der Waals surface area contributed by atoms with Gasteiger partial charge in [0.1, 0.15) is 0 Å². The topological polar surface area (TPSA) is 209 Å². The van der Waals surface area contributed by atoms with Crippen LogP contribution in [0.15, 0.2) is 54.6 Å². The molecule has 3 amide bonds. The zero-order valence-electron chi connectivity index (χ0n) is 20.0. The van der Waals surface area contributed by atoms with E-state index in [0.717, 1.165) is 0 Å². The number of carbonyl (C=O) groups is 3. The van der Waals surface area contributed by atoms with Gasteiger partial charge in [-0.05, 0) is 49.2 Å². The van der Waals surface area contributed by atoms with Gasteiger partial charge in [0.05, 0.1) is 16.7 Å². The number of benzene rings is 3. The van der Waals surface area contributed by atoms with E-state index >= 15 is 0 Å². The first kappa shape index (κ1) is 27.5. The summed E-state index contributed by atoms with van der Waals surface area (Å²) in [4.78, 5) is 37.6. The largest absolute Gasteiger partial charge is 0.504 e. The van der Waals surface area contributed by atoms with E-state index in [0.29, 0.717) is 6.42 Å². The van der Waals surface area contributed by atoms with E-state index in [9.17, 15) is 45.0 Å². The average molecular weight is 526 g/mol. The van der Waals surface area contributed by atoms with Gasteiger partial charge in [0, 0.05) is 19.1 Å². The maximum Gasteiger partial charge on any atom is 0.255 e. The van der Waals surface area contributed by atoms with Crippen LogP contribution < -0.4 is 16.0 Å². The molecular weight excluding hydrogens is 498 g/mol. The minimum absolute atomic E-state index is 0.110. The number of aromatic hydroxyl groups is 6. The van der Waals surface area contributed by atoms with E-state index in [1.807, 2.05) is 0 Å². The van der Waals surface area contributed by atoms with Crippen LogP contribution in [-0.4, -0.2) is 67.5 Å². The van der Waals surface area contributed by atoms with Crippen molar-refractivity contribution in [2.24, 2.45) is 0 Å². The van der Waals surface area contributed by atoms with Gasteiger partial charge in [0.2, 0.25) is 0 Å². The molecule has 0 aliphatic carbocycles. The normalized spacial score (nSPS) is 11.4. The average Bonchev–Trinajstić information content (AvgIpc) is 2.89. The number of rotatable bonds is 10. The van der Waals surface area contributed by atoms with E-state index < -0.39 is 58.3 Å². The minimum Gasteiger partial charge on any atom is -0.504 e. The van der Waals surface area contributed by atoms with Crippen LogP contribution in [0, 0.1) is 0 Å². The van der Waals surface area contributed by atoms with E-state index in [1.54, 1.807) is 0 Å². The smallest absolute Gasteiger partial charge is 0.255 e. The van der Waals surface area contributed by atoms with E-state index in [1.165, 1.54) is 54.6 Å². The Morgan fingerprint density at radius 1 is 0.605 bits per heavy atom. The Labute approximate surface area is 216 Å². The molecule has 0 spiro atoms. The number of hydrogen-bond acceptors (Lipinski definition) is 9. The SMILES string of the molecule is O=C(NCCC[C@H](CNC(=O)c1cccc(O)c1O)NC(=O)c1cccc(O)c1O)c1cccc(O)c1O. The molecule has 3 aromatic rings. The highest BCUT2D eigenvalue weighted by Crippen LogP contribution is 2.29. The summed E-state index contributed by atoms with van der Waals surface area (Å²) >= 11 is 0. The molecule has 3 aromatic carbocycles. The van der Waals surface area contributed by atoms with Gasteiger partial charge < -0.3 is 46.6 Å². The predicted molar refractivity (Wildman–Crippen MR) is 134 cm³/mol. The lowest BCUT2D eigenvalue weighted by Gasteiger charge is -2.20. The second kappa shape index (κ2) is 12.2. The fraction of sp³-hybridized carbons (Fsp3) is 0.192. The second-order valence-electron chi connectivity index (χ2n) is 8.30. The van der Waals surface area contributed by atoms with Crippen molar-refractivity contribution in [3.63, 3.8) is 0 Å². The Morgan fingerprint density at radius 2 is 1.03 bits per heavy atom. The lowest BCUT2D eigenvalue weighted by molar-refractivity contribution is 0.0900. The molecule has 0 unspecified atom stereocenters. The monoisotopic (exact) mass is 525 g/mol. The highest BCUT2D eigenvalue weighted by Gasteiger charge is 2.21. The first-order valence-electron chi connectivity index (χ1n) is 11.5. The third-order valence-electron chi connectivity index (χ3n) is 5.64. The zero-order valence-corrected chi connectivity index (χ0v) is 20.0. The molecule has 9 N–H and O–H groups in total. The van der Waals surface area contributed by atoms with E-state index in [-0.39, 0.29) is 36.2 Å². The van der Waals surface area contributed by atoms with Crippen molar-refractivity contribution in [3.8, 4) is 34.5 Å². The molecule has 3 rings (SSSR count). The fourth-order valence-corrected chi connectivity index (χ4v) is 3.59. The lowest BCUT2D eigenvalue weighted by atomic mass is 10.1. The third kappa shape index (κ3) is 6.55. The van der Waals surface area contributed by atoms with Gasteiger partial charge in [0.15, 0.2) is 34.5 Å². The van der Waals surface area contributed by atoms with Crippen LogP contribution in [-0.2, 0) is 0 Å². The molecule has 0 radical (unpaired) electrons. The second-order valence-corrected chi connectivity index (χ2v) is 8.30. The van der Waals surface area contributed by atoms with Gasteiger partial charge in [-0.25, -0.2) is 0 Å². The first-order chi connectivity index (χ1) is 18.1. The molecular formula is C26H27N3O9. The Morgan fingerprint density at radius 3 is 1.50 bits per heavy atom. The molecule has 12 nitrogen and oxygen atoms in total. The molecule has 12 heteroatoms. The fourth-order valence-electron chi connectivity index (χ4n) is 3.59. The van der Waals surface area contributed by atoms with E-state index in [2.05, 4.69) is 16.0 Å². The van der Waals surface area contributed by atoms with Crippen molar-refractivity contribution in [2.45, 2.75) is 18.9 Å². The van der Waals surface area contributed by atoms with Crippen molar-refractivity contribution in [2.75, 3.05) is 13.1 Å². The van der Waals surface area contributed by atoms with Crippen LogP contribution in [0.5, 0.6) is 34.5 Å².